The molecule has 92 valence electrons. The van der Waals surface area contributed by atoms with Gasteiger partial charge in [0, 0.05) is 17.8 Å². The number of carbonyl (C=O) groups excluding carboxylic acids is 1. The maximum Gasteiger partial charge on any atom is 0.251 e. The second kappa shape index (κ2) is 4.48. The zero-order valence-electron chi connectivity index (χ0n) is 9.73. The number of rotatable bonds is 3. The molecule has 3 rings (SSSR count). The maximum absolute atomic E-state index is 11.9. The summed E-state index contributed by atoms with van der Waals surface area (Å²) >= 11 is 0. The highest BCUT2D eigenvalue weighted by Crippen LogP contribution is 2.23. The van der Waals surface area contributed by atoms with Crippen molar-refractivity contribution in [3.63, 3.8) is 0 Å². The van der Waals surface area contributed by atoms with Crippen LogP contribution in [0.15, 0.2) is 24.5 Å². The van der Waals surface area contributed by atoms with E-state index in [1.54, 1.807) is 0 Å². The molecule has 0 saturated heterocycles. The number of aromatic nitrogens is 3. The van der Waals surface area contributed by atoms with Gasteiger partial charge in [-0.05, 0) is 24.1 Å². The van der Waals surface area contributed by atoms with Crippen LogP contribution in [0.25, 0.3) is 0 Å². The Morgan fingerprint density at radius 3 is 3.22 bits per heavy atom. The van der Waals surface area contributed by atoms with Gasteiger partial charge in [-0.3, -0.25) is 9.89 Å². The first-order valence-electron chi connectivity index (χ1n) is 5.82. The van der Waals surface area contributed by atoms with Crippen LogP contribution in [0.2, 0.25) is 0 Å². The Hall–Kier alpha value is -2.37. The highest BCUT2D eigenvalue weighted by Gasteiger charge is 2.13. The lowest BCUT2D eigenvalue weighted by Gasteiger charge is -2.05. The van der Waals surface area contributed by atoms with Crippen molar-refractivity contribution in [1.82, 2.24) is 20.5 Å². The lowest BCUT2D eigenvalue weighted by Crippen LogP contribution is -2.23. The number of carbonyl (C=O) groups is 1. The highest BCUT2D eigenvalue weighted by molar-refractivity contribution is 5.95. The fourth-order valence-corrected chi connectivity index (χ4v) is 2.01. The molecular formula is C12H13N5O. The summed E-state index contributed by atoms with van der Waals surface area (Å²) in [6, 6.07) is 5.73. The van der Waals surface area contributed by atoms with Crippen molar-refractivity contribution in [2.24, 2.45) is 0 Å². The Bertz CT molecular complexity index is 564. The van der Waals surface area contributed by atoms with Crippen LogP contribution in [0.1, 0.15) is 21.7 Å². The minimum absolute atomic E-state index is 0.108. The Balaban J connectivity index is 1.69. The van der Waals surface area contributed by atoms with Gasteiger partial charge >= 0.3 is 0 Å². The summed E-state index contributed by atoms with van der Waals surface area (Å²) in [5, 5.41) is 12.5. The highest BCUT2D eigenvalue weighted by atomic mass is 16.1. The molecule has 0 spiro atoms. The van der Waals surface area contributed by atoms with Crippen molar-refractivity contribution in [3.05, 3.63) is 41.5 Å². The molecule has 1 aromatic carbocycles. The minimum Gasteiger partial charge on any atom is -0.384 e. The number of hydrogen-bond donors (Lipinski definition) is 3. The molecule has 0 radical (unpaired) electrons. The van der Waals surface area contributed by atoms with Gasteiger partial charge in [-0.1, -0.05) is 6.07 Å². The van der Waals surface area contributed by atoms with Crippen molar-refractivity contribution in [3.8, 4) is 0 Å². The van der Waals surface area contributed by atoms with Gasteiger partial charge < -0.3 is 10.6 Å². The molecule has 2 heterocycles. The van der Waals surface area contributed by atoms with Gasteiger partial charge in [-0.2, -0.15) is 5.10 Å². The summed E-state index contributed by atoms with van der Waals surface area (Å²) in [5.41, 5.74) is 2.98. The van der Waals surface area contributed by atoms with Gasteiger partial charge in [0.1, 0.15) is 12.2 Å². The van der Waals surface area contributed by atoms with Crippen LogP contribution in [0, 0.1) is 0 Å². The molecule has 6 heteroatoms. The first-order valence-corrected chi connectivity index (χ1v) is 5.82. The standard InChI is InChI=1S/C12H13N5O/c18-12(14-6-11-15-7-16-17-11)9-2-1-8-3-4-13-10(8)5-9/h1-2,5,7,13H,3-4,6H2,(H,14,18)(H,15,16,17). The van der Waals surface area contributed by atoms with Crippen LogP contribution < -0.4 is 10.6 Å². The second-order valence-corrected chi connectivity index (χ2v) is 4.16. The molecule has 1 amide bonds. The van der Waals surface area contributed by atoms with Crippen molar-refractivity contribution in [2.45, 2.75) is 13.0 Å². The van der Waals surface area contributed by atoms with E-state index >= 15 is 0 Å². The topological polar surface area (TPSA) is 82.7 Å². The quantitative estimate of drug-likeness (QED) is 0.741. The summed E-state index contributed by atoms with van der Waals surface area (Å²) in [6.45, 7) is 1.29. The predicted octanol–water partition coefficient (Wildman–Crippen LogP) is 0.703. The van der Waals surface area contributed by atoms with Crippen LogP contribution >= 0.6 is 0 Å². The Morgan fingerprint density at radius 1 is 1.44 bits per heavy atom. The number of fused-ring (bicyclic) bond motifs is 1. The van der Waals surface area contributed by atoms with Crippen LogP contribution in [-0.4, -0.2) is 27.6 Å². The number of aromatic amines is 1. The van der Waals surface area contributed by atoms with E-state index in [1.165, 1.54) is 11.9 Å². The largest absolute Gasteiger partial charge is 0.384 e. The molecule has 1 aliphatic rings. The van der Waals surface area contributed by atoms with Crippen molar-refractivity contribution in [2.75, 3.05) is 11.9 Å². The van der Waals surface area contributed by atoms with Crippen molar-refractivity contribution < 1.29 is 4.79 Å². The molecule has 0 atom stereocenters. The third-order valence-corrected chi connectivity index (χ3v) is 2.96. The van der Waals surface area contributed by atoms with E-state index in [9.17, 15) is 4.79 Å². The monoisotopic (exact) mass is 243 g/mol. The molecular weight excluding hydrogens is 230 g/mol. The van der Waals surface area contributed by atoms with Crippen LogP contribution in [0.4, 0.5) is 5.69 Å². The summed E-state index contributed by atoms with van der Waals surface area (Å²) in [5.74, 6) is 0.533. The Kier molecular flexibility index (Phi) is 2.68. The number of hydrogen-bond acceptors (Lipinski definition) is 4. The molecule has 0 unspecified atom stereocenters. The molecule has 6 nitrogen and oxygen atoms in total. The smallest absolute Gasteiger partial charge is 0.251 e. The van der Waals surface area contributed by atoms with Crippen molar-refractivity contribution in [1.29, 1.82) is 0 Å². The number of nitrogens with one attached hydrogen (secondary N) is 3. The molecule has 0 bridgehead atoms. The zero-order valence-corrected chi connectivity index (χ0v) is 9.73. The van der Waals surface area contributed by atoms with Crippen LogP contribution in [0.5, 0.6) is 0 Å². The van der Waals surface area contributed by atoms with Gasteiger partial charge in [-0.25, -0.2) is 4.98 Å². The van der Waals surface area contributed by atoms with Gasteiger partial charge in [-0.15, -0.1) is 0 Å². The third kappa shape index (κ3) is 2.04. The average molecular weight is 243 g/mol. The van der Waals surface area contributed by atoms with Crippen LogP contribution in [0.3, 0.4) is 0 Å². The number of H-pyrrole nitrogens is 1. The number of benzene rings is 1. The number of anilines is 1. The number of nitrogens with zero attached hydrogens (tertiary/aromatic N) is 2. The van der Waals surface area contributed by atoms with E-state index in [4.69, 9.17) is 0 Å². The Morgan fingerprint density at radius 2 is 2.39 bits per heavy atom. The first-order chi connectivity index (χ1) is 8.83. The molecule has 0 fully saturated rings. The SMILES string of the molecule is O=C(NCc1ncn[nH]1)c1ccc2c(c1)NCC2. The Labute approximate surface area is 104 Å². The van der Waals surface area contributed by atoms with Gasteiger partial charge in [0.05, 0.1) is 6.54 Å². The van der Waals surface area contributed by atoms with Gasteiger partial charge in [0.15, 0.2) is 0 Å². The molecule has 18 heavy (non-hydrogen) atoms. The van der Waals surface area contributed by atoms with Gasteiger partial charge in [0.25, 0.3) is 5.91 Å². The van der Waals surface area contributed by atoms with E-state index in [2.05, 4.69) is 25.8 Å². The normalized spacial score (nSPS) is 12.9. The predicted molar refractivity (Wildman–Crippen MR) is 66.2 cm³/mol. The molecule has 3 N–H and O–H groups in total. The minimum atomic E-state index is -0.108. The summed E-state index contributed by atoms with van der Waals surface area (Å²) in [4.78, 5) is 15.9. The lowest BCUT2D eigenvalue weighted by molar-refractivity contribution is 0.0950. The van der Waals surface area contributed by atoms with E-state index in [0.29, 0.717) is 17.9 Å². The molecule has 1 aromatic heterocycles. The van der Waals surface area contributed by atoms with Crippen molar-refractivity contribution >= 4 is 11.6 Å². The first kappa shape index (κ1) is 10.8. The lowest BCUT2D eigenvalue weighted by atomic mass is 10.1. The number of amides is 1. The fourth-order valence-electron chi connectivity index (χ4n) is 2.01. The molecule has 1 aliphatic heterocycles. The average Bonchev–Trinajstić information content (AvgIpc) is 3.05. The molecule has 2 aromatic rings. The fraction of sp³-hybridized carbons (Fsp3) is 0.250. The van der Waals surface area contributed by atoms with Crippen LogP contribution in [-0.2, 0) is 13.0 Å². The zero-order chi connectivity index (χ0) is 12.4. The van der Waals surface area contributed by atoms with E-state index in [1.807, 2.05) is 18.2 Å². The second-order valence-electron chi connectivity index (χ2n) is 4.16. The van der Waals surface area contributed by atoms with E-state index < -0.39 is 0 Å². The summed E-state index contributed by atoms with van der Waals surface area (Å²) in [7, 11) is 0. The summed E-state index contributed by atoms with van der Waals surface area (Å²) < 4.78 is 0. The third-order valence-electron chi connectivity index (χ3n) is 2.96. The maximum atomic E-state index is 11.9. The molecule has 0 aliphatic carbocycles. The van der Waals surface area contributed by atoms with E-state index in [0.717, 1.165) is 18.7 Å². The van der Waals surface area contributed by atoms with Gasteiger partial charge in [0.2, 0.25) is 0 Å². The van der Waals surface area contributed by atoms with E-state index in [-0.39, 0.29) is 5.91 Å². The molecule has 0 saturated carbocycles. The summed E-state index contributed by atoms with van der Waals surface area (Å²) in [6.07, 6.45) is 2.44.